The first-order chi connectivity index (χ1) is 8.78. The average Bonchev–Trinajstić information content (AvgIpc) is 3.13. The summed E-state index contributed by atoms with van der Waals surface area (Å²) in [4.78, 5) is 0. The lowest BCUT2D eigenvalue weighted by Crippen LogP contribution is -2.15. The molecule has 0 atom stereocenters. The lowest BCUT2D eigenvalue weighted by molar-refractivity contribution is 0.183. The van der Waals surface area contributed by atoms with E-state index >= 15 is 0 Å². The average molecular weight is 310 g/mol. The number of rotatable bonds is 5. The Labute approximate surface area is 115 Å². The summed E-state index contributed by atoms with van der Waals surface area (Å²) in [5.41, 5.74) is 2.08. The number of fused-ring (bicyclic) bond motifs is 1. The number of benzene rings is 1. The Hall–Kier alpha value is -0.840. The molecule has 1 aliphatic rings. The van der Waals surface area contributed by atoms with Gasteiger partial charge in [-0.3, -0.25) is 0 Å². The third-order valence-corrected chi connectivity index (χ3v) is 3.75. The molecule has 0 spiro atoms. The second kappa shape index (κ2) is 5.03. The van der Waals surface area contributed by atoms with Gasteiger partial charge in [-0.15, -0.1) is 0 Å². The standard InChI is InChI=1S/C14H16BrNO2/c1-17-8-12-11-6-9(15)2-5-13(11)18-14(12)7-16-10-3-4-10/h2,5-6,10,16H,3-4,7-8H2,1H3. The van der Waals surface area contributed by atoms with Crippen LogP contribution in [0.3, 0.4) is 0 Å². The zero-order chi connectivity index (χ0) is 12.5. The minimum absolute atomic E-state index is 0.588. The van der Waals surface area contributed by atoms with Gasteiger partial charge in [0, 0.05) is 28.6 Å². The summed E-state index contributed by atoms with van der Waals surface area (Å²) < 4.78 is 12.3. The van der Waals surface area contributed by atoms with Crippen LogP contribution in [0.15, 0.2) is 27.1 Å². The van der Waals surface area contributed by atoms with Crippen LogP contribution in [-0.4, -0.2) is 13.2 Å². The fraction of sp³-hybridized carbons (Fsp3) is 0.429. The molecule has 1 N–H and O–H groups in total. The molecule has 0 aliphatic heterocycles. The van der Waals surface area contributed by atoms with Crippen LogP contribution in [0.1, 0.15) is 24.2 Å². The third-order valence-electron chi connectivity index (χ3n) is 3.25. The van der Waals surface area contributed by atoms with E-state index in [0.29, 0.717) is 12.6 Å². The van der Waals surface area contributed by atoms with Crippen LogP contribution >= 0.6 is 15.9 Å². The molecule has 2 aromatic rings. The molecule has 0 radical (unpaired) electrons. The second-order valence-electron chi connectivity index (χ2n) is 4.73. The molecule has 1 heterocycles. The van der Waals surface area contributed by atoms with Gasteiger partial charge in [0.25, 0.3) is 0 Å². The smallest absolute Gasteiger partial charge is 0.134 e. The first kappa shape index (κ1) is 12.2. The number of hydrogen-bond donors (Lipinski definition) is 1. The van der Waals surface area contributed by atoms with E-state index in [0.717, 1.165) is 33.3 Å². The first-order valence-electron chi connectivity index (χ1n) is 6.20. The molecule has 1 fully saturated rings. The van der Waals surface area contributed by atoms with Gasteiger partial charge in [-0.1, -0.05) is 15.9 Å². The summed E-state index contributed by atoms with van der Waals surface area (Å²) in [6.45, 7) is 1.38. The van der Waals surface area contributed by atoms with E-state index in [1.807, 2.05) is 12.1 Å². The molecule has 0 amide bonds. The number of halogens is 1. The zero-order valence-electron chi connectivity index (χ0n) is 10.3. The Kier molecular flexibility index (Phi) is 3.41. The topological polar surface area (TPSA) is 34.4 Å². The van der Waals surface area contributed by atoms with Crippen molar-refractivity contribution in [3.05, 3.63) is 34.0 Å². The molecule has 0 bridgehead atoms. The van der Waals surface area contributed by atoms with Crippen molar-refractivity contribution in [1.29, 1.82) is 0 Å². The van der Waals surface area contributed by atoms with Gasteiger partial charge < -0.3 is 14.5 Å². The van der Waals surface area contributed by atoms with Crippen molar-refractivity contribution >= 4 is 26.9 Å². The van der Waals surface area contributed by atoms with Crippen LogP contribution in [0, 0.1) is 0 Å². The second-order valence-corrected chi connectivity index (χ2v) is 5.65. The molecule has 0 unspecified atom stereocenters. The van der Waals surface area contributed by atoms with Crippen molar-refractivity contribution < 1.29 is 9.15 Å². The Morgan fingerprint density at radius 1 is 1.44 bits per heavy atom. The lowest BCUT2D eigenvalue weighted by atomic mass is 10.1. The van der Waals surface area contributed by atoms with E-state index in [9.17, 15) is 0 Å². The van der Waals surface area contributed by atoms with Crippen molar-refractivity contribution in [2.45, 2.75) is 32.0 Å². The van der Waals surface area contributed by atoms with Gasteiger partial charge in [-0.05, 0) is 31.0 Å². The number of ether oxygens (including phenoxy) is 1. The van der Waals surface area contributed by atoms with Crippen LogP contribution in [0.4, 0.5) is 0 Å². The Balaban J connectivity index is 1.96. The highest BCUT2D eigenvalue weighted by Gasteiger charge is 2.22. The van der Waals surface area contributed by atoms with E-state index in [1.165, 1.54) is 12.8 Å². The minimum atomic E-state index is 0.588. The van der Waals surface area contributed by atoms with Crippen LogP contribution in [-0.2, 0) is 17.9 Å². The number of nitrogens with one attached hydrogen (secondary N) is 1. The molecular formula is C14H16BrNO2. The monoisotopic (exact) mass is 309 g/mol. The molecule has 1 saturated carbocycles. The fourth-order valence-electron chi connectivity index (χ4n) is 2.14. The normalized spacial score (nSPS) is 15.4. The highest BCUT2D eigenvalue weighted by Crippen LogP contribution is 2.30. The lowest BCUT2D eigenvalue weighted by Gasteiger charge is -2.03. The van der Waals surface area contributed by atoms with E-state index < -0.39 is 0 Å². The highest BCUT2D eigenvalue weighted by atomic mass is 79.9. The van der Waals surface area contributed by atoms with E-state index in [4.69, 9.17) is 9.15 Å². The van der Waals surface area contributed by atoms with Gasteiger partial charge in [0.2, 0.25) is 0 Å². The fourth-order valence-corrected chi connectivity index (χ4v) is 2.50. The number of hydrogen-bond acceptors (Lipinski definition) is 3. The molecule has 96 valence electrons. The van der Waals surface area contributed by atoms with Crippen LogP contribution in [0.5, 0.6) is 0 Å². The van der Waals surface area contributed by atoms with Crippen molar-refractivity contribution in [2.75, 3.05) is 7.11 Å². The van der Waals surface area contributed by atoms with Crippen molar-refractivity contribution in [2.24, 2.45) is 0 Å². The summed E-state index contributed by atoms with van der Waals surface area (Å²) in [5.74, 6) is 0.997. The first-order valence-corrected chi connectivity index (χ1v) is 6.99. The largest absolute Gasteiger partial charge is 0.459 e. The predicted octanol–water partition coefficient (Wildman–Crippen LogP) is 3.59. The Bertz CT molecular complexity index is 560. The Morgan fingerprint density at radius 2 is 2.28 bits per heavy atom. The zero-order valence-corrected chi connectivity index (χ0v) is 11.9. The SMILES string of the molecule is COCc1c(CNC2CC2)oc2ccc(Br)cc12. The molecule has 0 saturated heterocycles. The number of methoxy groups -OCH3 is 1. The van der Waals surface area contributed by atoms with Gasteiger partial charge >= 0.3 is 0 Å². The molecule has 1 aromatic carbocycles. The summed E-state index contributed by atoms with van der Waals surface area (Å²) in [6, 6.07) is 6.77. The van der Waals surface area contributed by atoms with Gasteiger partial charge in [-0.2, -0.15) is 0 Å². The maximum atomic E-state index is 5.92. The quantitative estimate of drug-likeness (QED) is 0.916. The van der Waals surface area contributed by atoms with Crippen LogP contribution in [0.25, 0.3) is 11.0 Å². The maximum Gasteiger partial charge on any atom is 0.134 e. The highest BCUT2D eigenvalue weighted by molar-refractivity contribution is 9.10. The van der Waals surface area contributed by atoms with Gasteiger partial charge in [0.15, 0.2) is 0 Å². The van der Waals surface area contributed by atoms with Crippen LogP contribution < -0.4 is 5.32 Å². The summed E-state index contributed by atoms with van der Waals surface area (Å²) in [5, 5.41) is 4.62. The summed E-state index contributed by atoms with van der Waals surface area (Å²) in [6.07, 6.45) is 2.57. The molecule has 4 heteroatoms. The van der Waals surface area contributed by atoms with Gasteiger partial charge in [0.1, 0.15) is 11.3 Å². The van der Waals surface area contributed by atoms with E-state index in [1.54, 1.807) is 7.11 Å². The predicted molar refractivity (Wildman–Crippen MR) is 74.5 cm³/mol. The molecular weight excluding hydrogens is 294 g/mol. The molecule has 18 heavy (non-hydrogen) atoms. The van der Waals surface area contributed by atoms with E-state index in [2.05, 4.69) is 27.3 Å². The molecule has 1 aromatic heterocycles. The number of furan rings is 1. The Morgan fingerprint density at radius 3 is 3.00 bits per heavy atom. The molecule has 3 nitrogen and oxygen atoms in total. The van der Waals surface area contributed by atoms with E-state index in [-0.39, 0.29) is 0 Å². The summed E-state index contributed by atoms with van der Waals surface area (Å²) in [7, 11) is 1.72. The van der Waals surface area contributed by atoms with Gasteiger partial charge in [-0.25, -0.2) is 0 Å². The van der Waals surface area contributed by atoms with Crippen molar-refractivity contribution in [1.82, 2.24) is 5.32 Å². The van der Waals surface area contributed by atoms with Crippen LogP contribution in [0.2, 0.25) is 0 Å². The molecule has 3 rings (SSSR count). The van der Waals surface area contributed by atoms with Crippen molar-refractivity contribution in [3.63, 3.8) is 0 Å². The third kappa shape index (κ3) is 2.46. The maximum absolute atomic E-state index is 5.92. The minimum Gasteiger partial charge on any atom is -0.459 e. The molecule has 1 aliphatic carbocycles. The van der Waals surface area contributed by atoms with Gasteiger partial charge in [0.05, 0.1) is 13.2 Å². The van der Waals surface area contributed by atoms with Crippen molar-refractivity contribution in [3.8, 4) is 0 Å². The summed E-state index contributed by atoms with van der Waals surface area (Å²) >= 11 is 3.50.